The Hall–Kier alpha value is -1.33. The van der Waals surface area contributed by atoms with Crippen molar-refractivity contribution < 1.29 is 44.2 Å². The monoisotopic (exact) mass is 741 g/mol. The van der Waals surface area contributed by atoms with Gasteiger partial charge in [-0.2, -0.15) is 0 Å². The van der Waals surface area contributed by atoms with Gasteiger partial charge in [0.25, 0.3) is 0 Å². The Labute approximate surface area is 317 Å². The zero-order valence-corrected chi connectivity index (χ0v) is 33.3. The first kappa shape index (κ1) is 48.7. The minimum absolute atomic E-state index is 0.117. The lowest BCUT2D eigenvalue weighted by Gasteiger charge is -2.39. The number of hydrogen-bond donors (Lipinski definition) is 4. The summed E-state index contributed by atoms with van der Waals surface area (Å²) in [6, 6.07) is 0. The van der Waals surface area contributed by atoms with Gasteiger partial charge in [-0.1, -0.05) is 134 Å². The van der Waals surface area contributed by atoms with Crippen LogP contribution in [0, 0.1) is 0 Å². The molecule has 1 rings (SSSR count). The molecule has 1 saturated heterocycles. The number of aliphatic hydroxyl groups is 4. The summed E-state index contributed by atoms with van der Waals surface area (Å²) in [6.07, 6.45) is 32.0. The van der Waals surface area contributed by atoms with Gasteiger partial charge in [0.1, 0.15) is 30.5 Å². The quantitative estimate of drug-likeness (QED) is 0.0282. The summed E-state index contributed by atoms with van der Waals surface area (Å²) in [4.78, 5) is 12.7. The summed E-state index contributed by atoms with van der Waals surface area (Å²) in [5, 5.41) is 40.0. The molecule has 9 heteroatoms. The maximum Gasteiger partial charge on any atom is 0.306 e. The van der Waals surface area contributed by atoms with Crippen molar-refractivity contribution in [2.24, 2.45) is 0 Å². The van der Waals surface area contributed by atoms with Gasteiger partial charge >= 0.3 is 5.97 Å². The number of ether oxygens (including phenoxy) is 4. The number of carbonyl (C=O) groups excluding carboxylic acids is 1. The summed E-state index contributed by atoms with van der Waals surface area (Å²) < 4.78 is 22.7. The Morgan fingerprint density at radius 3 is 1.60 bits per heavy atom. The van der Waals surface area contributed by atoms with Crippen LogP contribution in [0.25, 0.3) is 0 Å². The largest absolute Gasteiger partial charge is 0.457 e. The summed E-state index contributed by atoms with van der Waals surface area (Å²) >= 11 is 0. The van der Waals surface area contributed by atoms with E-state index in [9.17, 15) is 25.2 Å². The number of hydrogen-bond acceptors (Lipinski definition) is 9. The number of unbranched alkanes of at least 4 members (excludes halogenated alkanes) is 21. The molecule has 6 unspecified atom stereocenters. The Morgan fingerprint density at radius 1 is 0.596 bits per heavy atom. The topological polar surface area (TPSA) is 135 Å². The lowest BCUT2D eigenvalue weighted by Crippen LogP contribution is -2.59. The molecule has 0 aromatic carbocycles. The average molecular weight is 741 g/mol. The summed E-state index contributed by atoms with van der Waals surface area (Å²) in [7, 11) is 0. The Balaban J connectivity index is 2.29. The average Bonchev–Trinajstić information content (AvgIpc) is 3.14. The minimum atomic E-state index is -1.54. The highest BCUT2D eigenvalue weighted by Crippen LogP contribution is 2.22. The maximum absolute atomic E-state index is 12.7. The minimum Gasteiger partial charge on any atom is -0.457 e. The number of allylic oxidation sites excluding steroid dienone is 4. The molecule has 6 atom stereocenters. The molecular weight excluding hydrogens is 660 g/mol. The normalized spacial score (nSPS) is 21.4. The van der Waals surface area contributed by atoms with Crippen molar-refractivity contribution in [2.75, 3.05) is 26.4 Å². The number of carbonyl (C=O) groups is 1. The number of rotatable bonds is 36. The molecule has 1 aliphatic rings. The van der Waals surface area contributed by atoms with E-state index in [1.165, 1.54) is 103 Å². The molecule has 0 aromatic rings. The molecular formula is C43H80O9. The van der Waals surface area contributed by atoms with E-state index in [-0.39, 0.29) is 19.2 Å². The second kappa shape index (κ2) is 35.4. The van der Waals surface area contributed by atoms with Crippen LogP contribution in [0.1, 0.15) is 181 Å². The van der Waals surface area contributed by atoms with Gasteiger partial charge in [-0.15, -0.1) is 0 Å². The molecule has 0 amide bonds. The number of aliphatic hydroxyl groups excluding tert-OH is 4. The lowest BCUT2D eigenvalue weighted by molar-refractivity contribution is -0.305. The molecule has 0 bridgehead atoms. The van der Waals surface area contributed by atoms with Crippen molar-refractivity contribution >= 4 is 5.97 Å². The third kappa shape index (κ3) is 26.4. The van der Waals surface area contributed by atoms with Crippen LogP contribution in [0.5, 0.6) is 0 Å². The fraction of sp³-hybridized carbons (Fsp3) is 0.884. The first-order valence-corrected chi connectivity index (χ1v) is 21.4. The Morgan fingerprint density at radius 2 is 1.06 bits per heavy atom. The van der Waals surface area contributed by atoms with E-state index in [4.69, 9.17) is 18.9 Å². The molecule has 1 fully saturated rings. The standard InChI is InChI=1S/C43H80O9/c1-3-5-7-9-11-13-15-17-18-19-20-22-24-26-28-30-32-39(45)51-37(36-50-43-42(48)41(47)40(46)38(34-44)52-43)35-49-33-31-29-27-25-23-21-16-14-12-10-8-6-4-2/h12,14,18-19,37-38,40-44,46-48H,3-11,13,15-17,20-36H2,1-2H3/b14-12-,19-18-. The van der Waals surface area contributed by atoms with Crippen LogP contribution >= 0.6 is 0 Å². The smallest absolute Gasteiger partial charge is 0.306 e. The van der Waals surface area contributed by atoms with Crippen LogP contribution < -0.4 is 0 Å². The Kier molecular flexibility index (Phi) is 33.1. The lowest BCUT2D eigenvalue weighted by atomic mass is 9.99. The second-order valence-electron chi connectivity index (χ2n) is 14.8. The van der Waals surface area contributed by atoms with Gasteiger partial charge in [-0.25, -0.2) is 0 Å². The Bertz CT molecular complexity index is 848. The molecule has 0 aromatic heterocycles. The fourth-order valence-corrected chi connectivity index (χ4v) is 6.42. The molecule has 52 heavy (non-hydrogen) atoms. The van der Waals surface area contributed by atoms with Crippen molar-refractivity contribution in [1.29, 1.82) is 0 Å². The van der Waals surface area contributed by atoms with Gasteiger partial charge in [-0.05, 0) is 64.2 Å². The van der Waals surface area contributed by atoms with E-state index in [0.29, 0.717) is 13.0 Å². The van der Waals surface area contributed by atoms with Crippen molar-refractivity contribution in [1.82, 2.24) is 0 Å². The van der Waals surface area contributed by atoms with Crippen LogP contribution in [0.4, 0.5) is 0 Å². The van der Waals surface area contributed by atoms with E-state index < -0.39 is 43.4 Å². The van der Waals surface area contributed by atoms with Gasteiger partial charge in [0, 0.05) is 13.0 Å². The SMILES string of the molecule is CCCCC/C=C\CCCCCCCCOCC(COC1OC(CO)C(O)C(O)C1O)OC(=O)CCCCCCC/C=C\CCCCCCCCC. The van der Waals surface area contributed by atoms with Gasteiger partial charge in [-0.3, -0.25) is 4.79 Å². The third-order valence-electron chi connectivity index (χ3n) is 9.84. The first-order valence-electron chi connectivity index (χ1n) is 21.4. The van der Waals surface area contributed by atoms with Crippen LogP contribution in [-0.2, 0) is 23.7 Å². The van der Waals surface area contributed by atoms with E-state index in [1.807, 2.05) is 0 Å². The molecule has 0 saturated carbocycles. The third-order valence-corrected chi connectivity index (χ3v) is 9.84. The van der Waals surface area contributed by atoms with Gasteiger partial charge < -0.3 is 39.4 Å². The van der Waals surface area contributed by atoms with Crippen LogP contribution in [0.3, 0.4) is 0 Å². The molecule has 1 heterocycles. The van der Waals surface area contributed by atoms with Gasteiger partial charge in [0.05, 0.1) is 19.8 Å². The summed E-state index contributed by atoms with van der Waals surface area (Å²) in [5.41, 5.74) is 0. The molecule has 306 valence electrons. The summed E-state index contributed by atoms with van der Waals surface area (Å²) in [5.74, 6) is -0.324. The predicted octanol–water partition coefficient (Wildman–Crippen LogP) is 9.03. The van der Waals surface area contributed by atoms with Crippen molar-refractivity contribution in [3.63, 3.8) is 0 Å². The second-order valence-corrected chi connectivity index (χ2v) is 14.8. The van der Waals surface area contributed by atoms with Crippen molar-refractivity contribution in [2.45, 2.75) is 218 Å². The highest BCUT2D eigenvalue weighted by atomic mass is 16.7. The first-order chi connectivity index (χ1) is 25.4. The van der Waals surface area contributed by atoms with Crippen LogP contribution in [-0.4, -0.2) is 89.6 Å². The maximum atomic E-state index is 12.7. The fourth-order valence-electron chi connectivity index (χ4n) is 6.42. The molecule has 0 radical (unpaired) electrons. The van der Waals surface area contributed by atoms with Crippen molar-refractivity contribution in [3.8, 4) is 0 Å². The van der Waals surface area contributed by atoms with Crippen LogP contribution in [0.2, 0.25) is 0 Å². The molecule has 4 N–H and O–H groups in total. The zero-order chi connectivity index (χ0) is 37.9. The van der Waals surface area contributed by atoms with E-state index in [0.717, 1.165) is 57.8 Å². The van der Waals surface area contributed by atoms with E-state index in [2.05, 4.69) is 38.2 Å². The van der Waals surface area contributed by atoms with Gasteiger partial charge in [0.2, 0.25) is 0 Å². The van der Waals surface area contributed by atoms with Gasteiger partial charge in [0.15, 0.2) is 6.29 Å². The summed E-state index contributed by atoms with van der Waals surface area (Å²) in [6.45, 7) is 4.51. The highest BCUT2D eigenvalue weighted by Gasteiger charge is 2.44. The number of esters is 1. The molecule has 9 nitrogen and oxygen atoms in total. The van der Waals surface area contributed by atoms with E-state index in [1.54, 1.807) is 0 Å². The molecule has 0 aliphatic carbocycles. The van der Waals surface area contributed by atoms with Crippen LogP contribution in [0.15, 0.2) is 24.3 Å². The van der Waals surface area contributed by atoms with Crippen molar-refractivity contribution in [3.05, 3.63) is 24.3 Å². The predicted molar refractivity (Wildman–Crippen MR) is 210 cm³/mol. The molecule has 1 aliphatic heterocycles. The zero-order valence-electron chi connectivity index (χ0n) is 33.3. The molecule has 0 spiro atoms. The highest BCUT2D eigenvalue weighted by molar-refractivity contribution is 5.69. The van der Waals surface area contributed by atoms with E-state index >= 15 is 0 Å².